The number of hydrogen-bond donors (Lipinski definition) is 3. The Labute approximate surface area is 117 Å². The minimum atomic E-state index is -3.75. The first kappa shape index (κ1) is 15.8. The summed E-state index contributed by atoms with van der Waals surface area (Å²) in [6, 6.07) is 0. The van der Waals surface area contributed by atoms with Crippen molar-refractivity contribution >= 4 is 10.1 Å². The van der Waals surface area contributed by atoms with E-state index < -0.39 is 52.5 Å². The molecule has 1 saturated heterocycles. The van der Waals surface area contributed by atoms with Crippen molar-refractivity contribution in [1.29, 1.82) is 0 Å². The summed E-state index contributed by atoms with van der Waals surface area (Å²) in [5, 5.41) is 23.1. The van der Waals surface area contributed by atoms with Crippen molar-refractivity contribution in [2.24, 2.45) is 0 Å². The molecule has 0 saturated carbocycles. The highest BCUT2D eigenvalue weighted by Gasteiger charge is 2.45. The minimum Gasteiger partial charge on any atom is -0.387 e. The van der Waals surface area contributed by atoms with E-state index in [9.17, 15) is 28.2 Å². The second-order valence-corrected chi connectivity index (χ2v) is 6.06. The van der Waals surface area contributed by atoms with E-state index in [1.54, 1.807) is 0 Å². The number of aromatic nitrogens is 3. The molecule has 0 amide bonds. The van der Waals surface area contributed by atoms with E-state index in [1.165, 1.54) is 0 Å². The lowest BCUT2D eigenvalue weighted by Crippen LogP contribution is -2.39. The number of aliphatic hydroxyl groups is 2. The summed E-state index contributed by atoms with van der Waals surface area (Å²) in [5.74, 6) is 0. The van der Waals surface area contributed by atoms with Crippen LogP contribution in [0.2, 0.25) is 0 Å². The van der Waals surface area contributed by atoms with Crippen LogP contribution >= 0.6 is 0 Å². The molecule has 0 radical (unpaired) electrons. The van der Waals surface area contributed by atoms with E-state index in [0.717, 1.165) is 12.5 Å². The fourth-order valence-corrected chi connectivity index (χ4v) is 2.18. The highest BCUT2D eigenvalue weighted by atomic mass is 32.2. The third-order valence-electron chi connectivity index (χ3n) is 2.76. The monoisotopic (exact) mass is 323 g/mol. The summed E-state index contributed by atoms with van der Waals surface area (Å²) in [6.07, 6.45) is -3.98. The predicted octanol–water partition coefficient (Wildman–Crippen LogP) is -3.47. The smallest absolute Gasteiger partial charge is 0.347 e. The molecular formula is C9H13N3O8S. The number of aliphatic hydroxyl groups excluding tert-OH is 2. The number of ether oxygens (including phenoxy) is 1. The zero-order valence-electron chi connectivity index (χ0n) is 10.7. The normalized spacial score (nSPS) is 29.7. The SMILES string of the molecule is CS(=O)(=O)OCC1OC(n2ncc(=O)[nH]c2=O)C(O)C1O. The molecular weight excluding hydrogens is 310 g/mol. The fraction of sp³-hybridized carbons (Fsp3) is 0.667. The molecule has 2 rings (SSSR count). The van der Waals surface area contributed by atoms with Crippen LogP contribution in [0, 0.1) is 0 Å². The maximum absolute atomic E-state index is 11.5. The highest BCUT2D eigenvalue weighted by molar-refractivity contribution is 7.85. The summed E-state index contributed by atoms with van der Waals surface area (Å²) >= 11 is 0. The standard InChI is InChI=1S/C9H13N3O8S/c1-21(17,18)19-3-4-6(14)7(15)8(20-4)12-9(16)11-5(13)2-10-12/h2,4,6-8,14-15H,3H2,1H3,(H,11,13,16). The van der Waals surface area contributed by atoms with Crippen molar-refractivity contribution in [2.45, 2.75) is 24.5 Å². The third-order valence-corrected chi connectivity index (χ3v) is 3.33. The molecule has 11 nitrogen and oxygen atoms in total. The molecule has 3 N–H and O–H groups in total. The minimum absolute atomic E-state index is 0.536. The molecule has 0 aromatic carbocycles. The molecule has 2 heterocycles. The van der Waals surface area contributed by atoms with Crippen LogP contribution in [0.15, 0.2) is 15.8 Å². The summed E-state index contributed by atoms with van der Waals surface area (Å²) in [4.78, 5) is 24.4. The zero-order valence-corrected chi connectivity index (χ0v) is 11.6. The van der Waals surface area contributed by atoms with Crippen LogP contribution in [-0.4, -0.2) is 64.6 Å². The molecule has 4 atom stereocenters. The van der Waals surface area contributed by atoms with Gasteiger partial charge in [-0.1, -0.05) is 0 Å². The van der Waals surface area contributed by atoms with Crippen LogP contribution in [0.25, 0.3) is 0 Å². The van der Waals surface area contributed by atoms with Gasteiger partial charge in [-0.15, -0.1) is 0 Å². The van der Waals surface area contributed by atoms with Crippen LogP contribution in [0.4, 0.5) is 0 Å². The zero-order chi connectivity index (χ0) is 15.8. The summed E-state index contributed by atoms with van der Waals surface area (Å²) in [7, 11) is -3.75. The average Bonchev–Trinajstić information content (AvgIpc) is 2.64. The van der Waals surface area contributed by atoms with Crippen molar-refractivity contribution in [1.82, 2.24) is 14.8 Å². The van der Waals surface area contributed by atoms with Gasteiger partial charge in [0.05, 0.1) is 12.9 Å². The lowest BCUT2D eigenvalue weighted by Gasteiger charge is -2.14. The van der Waals surface area contributed by atoms with Gasteiger partial charge in [-0.3, -0.25) is 14.0 Å². The molecule has 1 aromatic rings. The van der Waals surface area contributed by atoms with Crippen LogP contribution in [-0.2, 0) is 19.0 Å². The number of rotatable bonds is 4. The Balaban J connectivity index is 2.19. The van der Waals surface area contributed by atoms with Gasteiger partial charge >= 0.3 is 5.69 Å². The lowest BCUT2D eigenvalue weighted by atomic mass is 10.1. The number of nitrogens with zero attached hydrogens (tertiary/aromatic N) is 2. The third kappa shape index (κ3) is 3.54. The summed E-state index contributed by atoms with van der Waals surface area (Å²) in [5.41, 5.74) is -1.68. The number of H-pyrrole nitrogens is 1. The van der Waals surface area contributed by atoms with Gasteiger partial charge in [0.25, 0.3) is 15.7 Å². The van der Waals surface area contributed by atoms with Crippen LogP contribution in [0.3, 0.4) is 0 Å². The topological polar surface area (TPSA) is 161 Å². The van der Waals surface area contributed by atoms with Crippen LogP contribution in [0.5, 0.6) is 0 Å². The van der Waals surface area contributed by atoms with E-state index in [-0.39, 0.29) is 0 Å². The quantitative estimate of drug-likeness (QED) is 0.478. The van der Waals surface area contributed by atoms with Gasteiger partial charge in [-0.25, -0.2) is 4.79 Å². The molecule has 1 aliphatic rings. The van der Waals surface area contributed by atoms with Crippen molar-refractivity contribution in [3.8, 4) is 0 Å². The lowest BCUT2D eigenvalue weighted by molar-refractivity contribution is -0.0580. The molecule has 0 aliphatic carbocycles. The predicted molar refractivity (Wildman–Crippen MR) is 65.8 cm³/mol. The number of aromatic amines is 1. The van der Waals surface area contributed by atoms with Gasteiger partial charge in [-0.2, -0.15) is 18.2 Å². The largest absolute Gasteiger partial charge is 0.387 e. The van der Waals surface area contributed by atoms with Gasteiger partial charge in [0.2, 0.25) is 0 Å². The van der Waals surface area contributed by atoms with Crippen molar-refractivity contribution in [2.75, 3.05) is 12.9 Å². The molecule has 12 heteroatoms. The molecule has 118 valence electrons. The molecule has 1 fully saturated rings. The first-order valence-electron chi connectivity index (χ1n) is 5.73. The maximum atomic E-state index is 11.5. The van der Waals surface area contributed by atoms with Gasteiger partial charge in [0, 0.05) is 0 Å². The Hall–Kier alpha value is -1.60. The van der Waals surface area contributed by atoms with E-state index in [4.69, 9.17) is 4.74 Å². The van der Waals surface area contributed by atoms with E-state index in [1.807, 2.05) is 4.98 Å². The second kappa shape index (κ2) is 5.65. The molecule has 0 bridgehead atoms. The highest BCUT2D eigenvalue weighted by Crippen LogP contribution is 2.27. The second-order valence-electron chi connectivity index (χ2n) is 4.42. The summed E-state index contributed by atoms with van der Waals surface area (Å²) in [6.45, 7) is -0.536. The van der Waals surface area contributed by atoms with Crippen molar-refractivity contribution in [3.63, 3.8) is 0 Å². The molecule has 4 unspecified atom stereocenters. The maximum Gasteiger partial charge on any atom is 0.347 e. The molecule has 21 heavy (non-hydrogen) atoms. The van der Waals surface area contributed by atoms with Gasteiger partial charge in [-0.05, 0) is 0 Å². The van der Waals surface area contributed by atoms with Gasteiger partial charge < -0.3 is 14.9 Å². The molecule has 1 aromatic heterocycles. The number of nitrogens with one attached hydrogen (secondary N) is 1. The Morgan fingerprint density at radius 1 is 1.43 bits per heavy atom. The van der Waals surface area contributed by atoms with Crippen LogP contribution < -0.4 is 11.2 Å². The Kier molecular flexibility index (Phi) is 4.25. The Morgan fingerprint density at radius 3 is 2.67 bits per heavy atom. The first-order chi connectivity index (χ1) is 9.69. The van der Waals surface area contributed by atoms with Crippen molar-refractivity contribution in [3.05, 3.63) is 27.0 Å². The molecule has 0 spiro atoms. The Morgan fingerprint density at radius 2 is 2.10 bits per heavy atom. The van der Waals surface area contributed by atoms with Crippen LogP contribution in [0.1, 0.15) is 6.23 Å². The van der Waals surface area contributed by atoms with E-state index in [2.05, 4.69) is 9.28 Å². The first-order valence-corrected chi connectivity index (χ1v) is 7.55. The Bertz CT molecular complexity index is 725. The van der Waals surface area contributed by atoms with Gasteiger partial charge in [0.1, 0.15) is 24.5 Å². The number of hydrogen-bond acceptors (Lipinski definition) is 9. The van der Waals surface area contributed by atoms with Crippen molar-refractivity contribution < 1.29 is 27.6 Å². The van der Waals surface area contributed by atoms with E-state index in [0.29, 0.717) is 4.68 Å². The fourth-order valence-electron chi connectivity index (χ4n) is 1.80. The van der Waals surface area contributed by atoms with Gasteiger partial charge in [0.15, 0.2) is 6.23 Å². The molecule has 1 aliphatic heterocycles. The summed E-state index contributed by atoms with van der Waals surface area (Å²) < 4.78 is 32.1. The van der Waals surface area contributed by atoms with E-state index >= 15 is 0 Å². The average molecular weight is 323 g/mol.